The molecular weight excluding hydrogens is 1050 g/mol. The highest BCUT2D eigenvalue weighted by atomic mass is 16.8. The van der Waals surface area contributed by atoms with Gasteiger partial charge in [0.1, 0.15) is 116 Å². The van der Waals surface area contributed by atoms with E-state index in [4.69, 9.17) is 47.4 Å². The molecule has 3 aliphatic carbocycles. The zero-order chi connectivity index (χ0) is 56.9. The van der Waals surface area contributed by atoms with Gasteiger partial charge in [0.2, 0.25) is 6.29 Å². The first-order chi connectivity index (χ1) is 37.0. The number of carbonyl (C=O) groups excluding carboxylic acids is 1. The van der Waals surface area contributed by atoms with Crippen molar-refractivity contribution in [3.05, 3.63) is 17.9 Å². The lowest BCUT2D eigenvalue weighted by molar-refractivity contribution is -0.375. The monoisotopic (exact) mass is 1130 g/mol. The van der Waals surface area contributed by atoms with Crippen molar-refractivity contribution in [2.24, 2.45) is 28.6 Å². The van der Waals surface area contributed by atoms with E-state index in [-0.39, 0.29) is 24.2 Å². The number of esters is 1. The Balaban J connectivity index is 1.01. The summed E-state index contributed by atoms with van der Waals surface area (Å²) in [4.78, 5) is 14.8. The van der Waals surface area contributed by atoms with E-state index in [1.165, 1.54) is 0 Å². The molecule has 0 spiro atoms. The number of carbonyl (C=O) groups is 1. The Labute approximate surface area is 448 Å². The van der Waals surface area contributed by atoms with Crippen molar-refractivity contribution in [1.82, 2.24) is 0 Å². The maximum absolute atomic E-state index is 14.8. The summed E-state index contributed by atoms with van der Waals surface area (Å²) in [6.07, 6.45) is -40.5. The van der Waals surface area contributed by atoms with Gasteiger partial charge in [-0.05, 0) is 75.0 Å². The van der Waals surface area contributed by atoms with Crippen LogP contribution in [0.15, 0.2) is 17.9 Å². The fourth-order valence-electron chi connectivity index (χ4n) is 13.5. The van der Waals surface area contributed by atoms with E-state index in [1.807, 2.05) is 0 Å². The molecule has 8 fully saturated rings. The predicted molar refractivity (Wildman–Crippen MR) is 253 cm³/mol. The number of rotatable bonds is 15. The van der Waals surface area contributed by atoms with Gasteiger partial charge in [-0.1, -0.05) is 19.9 Å². The minimum Gasteiger partial charge on any atom is -0.432 e. The van der Waals surface area contributed by atoms with Crippen LogP contribution in [0.1, 0.15) is 65.2 Å². The third kappa shape index (κ3) is 11.8. The Kier molecular flexibility index (Phi) is 20.2. The van der Waals surface area contributed by atoms with Crippen LogP contribution in [0.25, 0.3) is 0 Å². The quantitative estimate of drug-likeness (QED) is 0.0535. The summed E-state index contributed by atoms with van der Waals surface area (Å²) in [5, 5.41) is 180. The SMILES string of the molecule is C=C=C1CC2CCC3[C@](C)(C(=O)OC4OC(CO)C(O)C(O)C4OC4OC(CO)C(O)C(O)C4O)CCC[C@@]3(C)[C@@H]2CCC1OC1OC(COC2OC(CO)C(O)C(O)C2O)C(O)C(O)C1OC1OC(CO)C(O)C(O)C1O. The topological polar surface area (TPSA) is 453 Å². The molecule has 5 heterocycles. The number of hydrogen-bond donors (Lipinski definition) is 17. The maximum atomic E-state index is 14.8. The number of aliphatic hydroxyl groups is 17. The van der Waals surface area contributed by atoms with E-state index in [1.54, 1.807) is 6.92 Å². The molecule has 448 valence electrons. The molecule has 0 bridgehead atoms. The molecule has 0 aromatic carbocycles. The fourth-order valence-corrected chi connectivity index (χ4v) is 13.5. The average Bonchev–Trinajstić information content (AvgIpc) is 3.73. The molecule has 78 heavy (non-hydrogen) atoms. The molecule has 5 saturated heterocycles. The zero-order valence-corrected chi connectivity index (χ0v) is 43.2. The Morgan fingerprint density at radius 3 is 1.49 bits per heavy atom. The summed E-state index contributed by atoms with van der Waals surface area (Å²) in [5.74, 6) is -1.21. The lowest BCUT2D eigenvalue weighted by Crippen LogP contribution is -2.65. The Hall–Kier alpha value is -2.05. The molecular formula is C50H80O28. The van der Waals surface area contributed by atoms with Crippen LogP contribution in [0.3, 0.4) is 0 Å². The van der Waals surface area contributed by atoms with E-state index in [0.717, 1.165) is 0 Å². The van der Waals surface area contributed by atoms with Crippen LogP contribution < -0.4 is 0 Å². The molecule has 31 atom stereocenters. The van der Waals surface area contributed by atoms with Gasteiger partial charge in [0.05, 0.1) is 44.6 Å². The van der Waals surface area contributed by atoms with Gasteiger partial charge >= 0.3 is 5.97 Å². The summed E-state index contributed by atoms with van der Waals surface area (Å²) in [6, 6.07) is 0. The highest BCUT2D eigenvalue weighted by Crippen LogP contribution is 2.64. The van der Waals surface area contributed by atoms with E-state index >= 15 is 0 Å². The highest BCUT2D eigenvalue weighted by molar-refractivity contribution is 5.77. The lowest BCUT2D eigenvalue weighted by atomic mass is 9.45. The van der Waals surface area contributed by atoms with Crippen molar-refractivity contribution in [1.29, 1.82) is 0 Å². The van der Waals surface area contributed by atoms with E-state index < -0.39 is 209 Å². The third-order valence-corrected chi connectivity index (χ3v) is 18.1. The number of fused-ring (bicyclic) bond motifs is 3. The molecule has 8 aliphatic rings. The van der Waals surface area contributed by atoms with Gasteiger partial charge in [0.15, 0.2) is 31.3 Å². The van der Waals surface area contributed by atoms with Gasteiger partial charge in [-0.15, -0.1) is 5.73 Å². The number of ether oxygens (including phenoxy) is 10. The third-order valence-electron chi connectivity index (χ3n) is 18.1. The number of aliphatic hydroxyl groups excluding tert-OH is 17. The van der Waals surface area contributed by atoms with Crippen LogP contribution in [0, 0.1) is 28.6 Å². The molecule has 0 amide bonds. The maximum Gasteiger partial charge on any atom is 0.314 e. The molecule has 28 heteroatoms. The first kappa shape index (κ1) is 62.0. The summed E-state index contributed by atoms with van der Waals surface area (Å²) >= 11 is 0. The van der Waals surface area contributed by atoms with Crippen molar-refractivity contribution in [2.45, 2.75) is 225 Å². The van der Waals surface area contributed by atoms with Gasteiger partial charge < -0.3 is 134 Å². The van der Waals surface area contributed by atoms with E-state index in [9.17, 15) is 91.6 Å². The fraction of sp³-hybridized carbons (Fsp3) is 0.920. The summed E-state index contributed by atoms with van der Waals surface area (Å²) in [5.41, 5.74) is 1.85. The molecule has 8 rings (SSSR count). The standard InChI is InChI=1S/C50H80O28/c1-4-18-12-19-6-9-27-49(2,10-5-11-50(27,3)48(68)78-47-42(36(63)31(58)25(16-54)74-47)77-45-40(67)35(62)30(57)24(15-53)73-45)20(19)7-8-21(18)70-46-41(76-44-39(66)34(61)29(56)23(14-52)72-44)37(64)32(59)26(75-46)17-69-43-38(65)33(60)28(55)22(13-51)71-43/h19-47,51-67H,1,5-17H2,2-3H3/t19?,20-,21?,22?,23?,24?,25?,26?,27?,28?,29?,30?,31?,32?,33?,34?,35?,36?,37?,38?,39?,40?,41?,42?,43?,44?,45?,46?,47?,49+,50-/m1/s1. The van der Waals surface area contributed by atoms with E-state index in [2.05, 4.69) is 19.2 Å². The van der Waals surface area contributed by atoms with Crippen LogP contribution in [-0.2, 0) is 52.2 Å². The first-order valence-corrected chi connectivity index (χ1v) is 26.7. The highest BCUT2D eigenvalue weighted by Gasteiger charge is 2.62. The van der Waals surface area contributed by atoms with Gasteiger partial charge in [-0.3, -0.25) is 4.79 Å². The molecule has 5 aliphatic heterocycles. The van der Waals surface area contributed by atoms with Gasteiger partial charge in [-0.25, -0.2) is 0 Å². The summed E-state index contributed by atoms with van der Waals surface area (Å²) in [6.45, 7) is 4.00. The minimum absolute atomic E-state index is 0.0250. The average molecular weight is 1130 g/mol. The van der Waals surface area contributed by atoms with Crippen LogP contribution >= 0.6 is 0 Å². The van der Waals surface area contributed by atoms with Crippen molar-refractivity contribution >= 4 is 5.97 Å². The first-order valence-electron chi connectivity index (χ1n) is 26.7. The second kappa shape index (κ2) is 25.4. The lowest BCUT2D eigenvalue weighted by Gasteiger charge is -2.59. The van der Waals surface area contributed by atoms with E-state index in [0.29, 0.717) is 50.5 Å². The van der Waals surface area contributed by atoms with Crippen LogP contribution in [0.5, 0.6) is 0 Å². The van der Waals surface area contributed by atoms with Gasteiger partial charge in [0.25, 0.3) is 0 Å². The molecule has 28 nitrogen and oxygen atoms in total. The Bertz CT molecular complexity index is 2030. The van der Waals surface area contributed by atoms with Crippen LogP contribution in [0.4, 0.5) is 0 Å². The molecule has 28 unspecified atom stereocenters. The smallest absolute Gasteiger partial charge is 0.314 e. The van der Waals surface area contributed by atoms with Crippen molar-refractivity contribution in [3.8, 4) is 0 Å². The number of hydrogen-bond acceptors (Lipinski definition) is 28. The van der Waals surface area contributed by atoms with Gasteiger partial charge in [-0.2, -0.15) is 0 Å². The second-order valence-corrected chi connectivity index (χ2v) is 22.6. The summed E-state index contributed by atoms with van der Waals surface area (Å²) in [7, 11) is 0. The second-order valence-electron chi connectivity index (χ2n) is 22.6. The predicted octanol–water partition coefficient (Wildman–Crippen LogP) is -7.28. The van der Waals surface area contributed by atoms with Crippen LogP contribution in [0.2, 0.25) is 0 Å². The molecule has 0 aromatic rings. The van der Waals surface area contributed by atoms with Crippen molar-refractivity contribution < 1.29 is 139 Å². The molecule has 0 radical (unpaired) electrons. The van der Waals surface area contributed by atoms with Gasteiger partial charge in [0, 0.05) is 5.57 Å². The summed E-state index contributed by atoms with van der Waals surface area (Å²) < 4.78 is 58.9. The van der Waals surface area contributed by atoms with Crippen LogP contribution in [-0.4, -0.2) is 285 Å². The largest absolute Gasteiger partial charge is 0.432 e. The Morgan fingerprint density at radius 2 is 0.974 bits per heavy atom. The molecule has 17 N–H and O–H groups in total. The molecule has 0 aromatic heterocycles. The van der Waals surface area contributed by atoms with Crippen molar-refractivity contribution in [3.63, 3.8) is 0 Å². The normalized spacial score (nSPS) is 52.1. The van der Waals surface area contributed by atoms with Crippen molar-refractivity contribution in [2.75, 3.05) is 33.0 Å². The zero-order valence-electron chi connectivity index (χ0n) is 43.2. The Morgan fingerprint density at radius 1 is 0.526 bits per heavy atom. The molecule has 3 saturated carbocycles. The minimum atomic E-state index is -1.95.